The van der Waals surface area contributed by atoms with Crippen molar-refractivity contribution in [3.8, 4) is 0 Å². The molecule has 0 radical (unpaired) electrons. The first-order valence-electron chi connectivity index (χ1n) is 14.5. The number of aromatic nitrogens is 3. The summed E-state index contributed by atoms with van der Waals surface area (Å²) in [7, 11) is 6.37. The molecule has 0 bridgehead atoms. The van der Waals surface area contributed by atoms with Crippen LogP contribution in [0.2, 0.25) is 0 Å². The van der Waals surface area contributed by atoms with Gasteiger partial charge >= 0.3 is 5.97 Å². The summed E-state index contributed by atoms with van der Waals surface area (Å²) in [6, 6.07) is 4.69. The Labute approximate surface area is 256 Å². The SMILES string of the molecule is COC(=O)c1cc(NC(=O)c2cc(NC(=O)c3cc(NC(=O)CN4CCNCCNCCNCC4)cn3C)cn2C)cn1C. The standard InChI is InChI=1S/C29H42N10O5/c1-36-16-20(33-26(40)19-39-11-9-31-7-5-30-6-8-32-10-12-39)13-23(36)27(41)34-21-14-24(37(2)17-21)28(42)35-22-15-25(29(43)44-4)38(3)18-22/h13-18,30-32H,5-12,19H2,1-4H3,(H,33,40)(H,34,41)(H,35,42). The van der Waals surface area contributed by atoms with Gasteiger partial charge in [-0.3, -0.25) is 19.3 Å². The zero-order valence-corrected chi connectivity index (χ0v) is 25.7. The highest BCUT2D eigenvalue weighted by Gasteiger charge is 2.19. The Kier molecular flexibility index (Phi) is 11.3. The molecule has 6 N–H and O–H groups in total. The molecule has 0 aromatic carbocycles. The number of amides is 3. The molecular weight excluding hydrogens is 568 g/mol. The highest BCUT2D eigenvalue weighted by Crippen LogP contribution is 2.20. The normalized spacial score (nSPS) is 15.1. The molecule has 1 fully saturated rings. The topological polar surface area (TPSA) is 168 Å². The van der Waals surface area contributed by atoms with Gasteiger partial charge in [0.1, 0.15) is 17.1 Å². The monoisotopic (exact) mass is 610 g/mol. The van der Waals surface area contributed by atoms with Crippen LogP contribution in [-0.2, 0) is 30.7 Å². The first-order chi connectivity index (χ1) is 21.1. The Bertz CT molecular complexity index is 1460. The van der Waals surface area contributed by atoms with Crippen LogP contribution in [0.5, 0.6) is 0 Å². The van der Waals surface area contributed by atoms with E-state index in [-0.39, 0.29) is 12.5 Å². The second-order valence-corrected chi connectivity index (χ2v) is 10.6. The molecule has 44 heavy (non-hydrogen) atoms. The van der Waals surface area contributed by atoms with Crippen molar-refractivity contribution in [2.45, 2.75) is 0 Å². The lowest BCUT2D eigenvalue weighted by Gasteiger charge is -2.23. The quantitative estimate of drug-likeness (QED) is 0.193. The Balaban J connectivity index is 1.33. The van der Waals surface area contributed by atoms with E-state index in [1.54, 1.807) is 65.6 Å². The van der Waals surface area contributed by atoms with Crippen LogP contribution in [0.1, 0.15) is 31.5 Å². The number of hydrogen-bond acceptors (Lipinski definition) is 9. The number of aryl methyl sites for hydroxylation is 3. The van der Waals surface area contributed by atoms with Gasteiger partial charge in [-0.05, 0) is 18.2 Å². The fraction of sp³-hybridized carbons (Fsp3) is 0.448. The summed E-state index contributed by atoms with van der Waals surface area (Å²) in [6.45, 7) is 6.86. The second-order valence-electron chi connectivity index (χ2n) is 10.6. The lowest BCUT2D eigenvalue weighted by Crippen LogP contribution is -2.44. The number of esters is 1. The van der Waals surface area contributed by atoms with Crippen LogP contribution in [0.15, 0.2) is 36.8 Å². The van der Waals surface area contributed by atoms with E-state index in [1.807, 2.05) is 0 Å². The molecule has 238 valence electrons. The fourth-order valence-corrected chi connectivity index (χ4v) is 4.92. The van der Waals surface area contributed by atoms with Crippen molar-refractivity contribution in [2.24, 2.45) is 21.1 Å². The molecule has 1 aliphatic rings. The predicted molar refractivity (Wildman–Crippen MR) is 167 cm³/mol. The van der Waals surface area contributed by atoms with Crippen LogP contribution in [0.4, 0.5) is 17.1 Å². The molecule has 4 heterocycles. The van der Waals surface area contributed by atoms with Crippen molar-refractivity contribution >= 4 is 40.8 Å². The molecule has 3 aromatic rings. The van der Waals surface area contributed by atoms with Crippen LogP contribution < -0.4 is 31.9 Å². The summed E-state index contributed by atoms with van der Waals surface area (Å²) >= 11 is 0. The van der Waals surface area contributed by atoms with Gasteiger partial charge in [0.25, 0.3) is 11.8 Å². The minimum absolute atomic E-state index is 0.160. The molecule has 0 aliphatic carbocycles. The number of anilines is 3. The second kappa shape index (κ2) is 15.3. The Morgan fingerprint density at radius 2 is 1.07 bits per heavy atom. The van der Waals surface area contributed by atoms with E-state index in [1.165, 1.54) is 13.2 Å². The van der Waals surface area contributed by atoms with Gasteiger partial charge < -0.3 is 50.3 Å². The molecule has 15 heteroatoms. The smallest absolute Gasteiger partial charge is 0.354 e. The van der Waals surface area contributed by atoms with Crippen LogP contribution >= 0.6 is 0 Å². The van der Waals surface area contributed by atoms with Crippen LogP contribution in [0.3, 0.4) is 0 Å². The average Bonchev–Trinajstić information content (AvgIpc) is 3.65. The van der Waals surface area contributed by atoms with Gasteiger partial charge in [0.2, 0.25) is 5.91 Å². The lowest BCUT2D eigenvalue weighted by molar-refractivity contribution is -0.117. The third-order valence-electron chi connectivity index (χ3n) is 7.21. The zero-order chi connectivity index (χ0) is 31.6. The van der Waals surface area contributed by atoms with Crippen LogP contribution in [-0.4, -0.2) is 108 Å². The largest absolute Gasteiger partial charge is 0.464 e. The summed E-state index contributed by atoms with van der Waals surface area (Å²) in [4.78, 5) is 52.9. The van der Waals surface area contributed by atoms with Gasteiger partial charge in [-0.1, -0.05) is 0 Å². The molecule has 1 saturated heterocycles. The van der Waals surface area contributed by atoms with E-state index in [4.69, 9.17) is 4.74 Å². The summed E-state index contributed by atoms with van der Waals surface area (Å²) in [6.07, 6.45) is 4.92. The third kappa shape index (κ3) is 8.79. The van der Waals surface area contributed by atoms with E-state index in [0.717, 1.165) is 52.4 Å². The number of methoxy groups -OCH3 is 1. The van der Waals surface area contributed by atoms with Gasteiger partial charge in [-0.25, -0.2) is 4.79 Å². The number of carbonyl (C=O) groups is 4. The zero-order valence-electron chi connectivity index (χ0n) is 25.7. The summed E-state index contributed by atoms with van der Waals surface area (Å²) in [5.41, 5.74) is 2.29. The van der Waals surface area contributed by atoms with Crippen LogP contribution in [0, 0.1) is 0 Å². The molecule has 1 aliphatic heterocycles. The molecule has 0 saturated carbocycles. The van der Waals surface area contributed by atoms with Gasteiger partial charge in [0.15, 0.2) is 0 Å². The van der Waals surface area contributed by atoms with E-state index in [9.17, 15) is 19.2 Å². The summed E-state index contributed by atoms with van der Waals surface area (Å²) in [5.74, 6) is -1.49. The van der Waals surface area contributed by atoms with Gasteiger partial charge in [0, 0.05) is 92.1 Å². The maximum atomic E-state index is 13.1. The number of ether oxygens (including phenoxy) is 1. The molecule has 0 atom stereocenters. The summed E-state index contributed by atoms with van der Waals surface area (Å²) < 4.78 is 9.53. The minimum atomic E-state index is -0.516. The van der Waals surface area contributed by atoms with Crippen molar-refractivity contribution in [3.05, 3.63) is 53.9 Å². The number of nitrogens with zero attached hydrogens (tertiary/aromatic N) is 4. The first-order valence-corrected chi connectivity index (χ1v) is 14.5. The number of rotatable bonds is 8. The maximum absolute atomic E-state index is 13.1. The molecule has 0 spiro atoms. The number of carbonyl (C=O) groups excluding carboxylic acids is 4. The Hall–Kier alpha value is -4.44. The van der Waals surface area contributed by atoms with Crippen molar-refractivity contribution in [3.63, 3.8) is 0 Å². The highest BCUT2D eigenvalue weighted by atomic mass is 16.5. The van der Waals surface area contributed by atoms with E-state index < -0.39 is 17.8 Å². The third-order valence-corrected chi connectivity index (χ3v) is 7.21. The molecule has 0 unspecified atom stereocenters. The van der Waals surface area contributed by atoms with E-state index in [0.29, 0.717) is 34.1 Å². The molecule has 4 rings (SSSR count). The number of nitrogens with one attached hydrogen (secondary N) is 6. The lowest BCUT2D eigenvalue weighted by atomic mass is 10.3. The Morgan fingerprint density at radius 1 is 0.659 bits per heavy atom. The van der Waals surface area contributed by atoms with Gasteiger partial charge in [-0.15, -0.1) is 0 Å². The fourth-order valence-electron chi connectivity index (χ4n) is 4.92. The molecule has 3 aromatic heterocycles. The minimum Gasteiger partial charge on any atom is -0.464 e. The van der Waals surface area contributed by atoms with Gasteiger partial charge in [-0.2, -0.15) is 0 Å². The maximum Gasteiger partial charge on any atom is 0.354 e. The van der Waals surface area contributed by atoms with E-state index in [2.05, 4.69) is 36.8 Å². The molecule has 15 nitrogen and oxygen atoms in total. The van der Waals surface area contributed by atoms with Gasteiger partial charge in [0.05, 0.1) is 30.7 Å². The molecule has 3 amide bonds. The van der Waals surface area contributed by atoms with Crippen molar-refractivity contribution in [2.75, 3.05) is 82.0 Å². The van der Waals surface area contributed by atoms with E-state index >= 15 is 0 Å². The molecular formula is C29H42N10O5. The predicted octanol–water partition coefficient (Wildman–Crippen LogP) is 0.0162. The highest BCUT2D eigenvalue weighted by molar-refractivity contribution is 6.07. The Morgan fingerprint density at radius 3 is 1.55 bits per heavy atom. The summed E-state index contributed by atoms with van der Waals surface area (Å²) in [5, 5.41) is 18.6. The van der Waals surface area contributed by atoms with Crippen molar-refractivity contribution in [1.82, 2.24) is 34.6 Å². The average molecular weight is 611 g/mol. The van der Waals surface area contributed by atoms with Crippen LogP contribution in [0.25, 0.3) is 0 Å². The number of hydrogen-bond donors (Lipinski definition) is 6. The van der Waals surface area contributed by atoms with Crippen molar-refractivity contribution < 1.29 is 23.9 Å². The van der Waals surface area contributed by atoms with Crippen molar-refractivity contribution in [1.29, 1.82) is 0 Å². The first kappa shape index (κ1) is 32.5.